The molecule has 5 rings (SSSR count). The van der Waals surface area contributed by atoms with Crippen LogP contribution in [0.1, 0.15) is 26.8 Å². The highest BCUT2D eigenvalue weighted by atomic mass is 32.1. The quantitative estimate of drug-likeness (QED) is 0.392. The van der Waals surface area contributed by atoms with E-state index in [-0.39, 0.29) is 11.8 Å². The lowest BCUT2D eigenvalue weighted by molar-refractivity contribution is -0.127. The van der Waals surface area contributed by atoms with Gasteiger partial charge in [-0.25, -0.2) is 0 Å². The lowest BCUT2D eigenvalue weighted by Crippen LogP contribution is -2.37. The van der Waals surface area contributed by atoms with Crippen LogP contribution in [0.25, 0.3) is 22.0 Å². The van der Waals surface area contributed by atoms with Crippen LogP contribution in [-0.4, -0.2) is 22.3 Å². The molecule has 30 heavy (non-hydrogen) atoms. The Balaban J connectivity index is 1.65. The molecule has 1 atom stereocenters. The van der Waals surface area contributed by atoms with E-state index in [0.717, 1.165) is 16.5 Å². The van der Waals surface area contributed by atoms with Crippen molar-refractivity contribution in [3.63, 3.8) is 0 Å². The molecule has 1 aliphatic rings. The van der Waals surface area contributed by atoms with E-state index < -0.39 is 0 Å². The summed E-state index contributed by atoms with van der Waals surface area (Å²) in [5, 5.41) is 1.13. The molecular formula is C26H22N2OS. The van der Waals surface area contributed by atoms with Gasteiger partial charge in [-0.2, -0.15) is 0 Å². The minimum atomic E-state index is -0.0124. The van der Waals surface area contributed by atoms with Crippen LogP contribution < -0.4 is 0 Å². The van der Waals surface area contributed by atoms with Crippen molar-refractivity contribution in [3.05, 3.63) is 100 Å². The SMILES string of the molecule is C=CC(=O)N1Cc2sc(C)cc2[C@H](c2ccccc2-c2cnc3ccccc3c2)C1. The zero-order valence-corrected chi connectivity index (χ0v) is 17.7. The van der Waals surface area contributed by atoms with Gasteiger partial charge in [0.05, 0.1) is 12.1 Å². The lowest BCUT2D eigenvalue weighted by atomic mass is 9.84. The molecule has 0 radical (unpaired) electrons. The average Bonchev–Trinajstić information content (AvgIpc) is 3.17. The van der Waals surface area contributed by atoms with Gasteiger partial charge < -0.3 is 4.90 Å². The number of thiophene rings is 1. The number of hydrogen-bond acceptors (Lipinski definition) is 3. The molecule has 148 valence electrons. The van der Waals surface area contributed by atoms with Gasteiger partial charge in [0.25, 0.3) is 0 Å². The summed E-state index contributed by atoms with van der Waals surface area (Å²) in [4.78, 5) is 21.6. The minimum absolute atomic E-state index is 0.0124. The third-order valence-corrected chi connectivity index (χ3v) is 6.85. The summed E-state index contributed by atoms with van der Waals surface area (Å²) < 4.78 is 0. The lowest BCUT2D eigenvalue weighted by Gasteiger charge is -2.33. The molecule has 0 fully saturated rings. The van der Waals surface area contributed by atoms with E-state index in [1.165, 1.54) is 32.5 Å². The molecule has 3 nitrogen and oxygen atoms in total. The topological polar surface area (TPSA) is 33.2 Å². The summed E-state index contributed by atoms with van der Waals surface area (Å²) in [6, 6.07) is 21.2. The van der Waals surface area contributed by atoms with Gasteiger partial charge >= 0.3 is 0 Å². The van der Waals surface area contributed by atoms with Gasteiger partial charge in [-0.1, -0.05) is 49.0 Å². The number of carbonyl (C=O) groups excluding carboxylic acids is 1. The Hall–Kier alpha value is -3.24. The van der Waals surface area contributed by atoms with Crippen molar-refractivity contribution >= 4 is 28.1 Å². The van der Waals surface area contributed by atoms with Gasteiger partial charge in [-0.15, -0.1) is 11.3 Å². The number of amides is 1. The fourth-order valence-electron chi connectivity index (χ4n) is 4.40. The molecule has 2 aromatic heterocycles. The van der Waals surface area contributed by atoms with Crippen molar-refractivity contribution in [2.45, 2.75) is 19.4 Å². The molecule has 0 aliphatic carbocycles. The number of hydrogen-bond donors (Lipinski definition) is 0. The van der Waals surface area contributed by atoms with Gasteiger partial charge in [-0.3, -0.25) is 9.78 Å². The fourth-order valence-corrected chi connectivity index (χ4v) is 5.52. The summed E-state index contributed by atoms with van der Waals surface area (Å²) in [6.45, 7) is 7.15. The third-order valence-electron chi connectivity index (χ3n) is 5.80. The van der Waals surface area contributed by atoms with Gasteiger partial charge in [0, 0.05) is 39.4 Å². The summed E-state index contributed by atoms with van der Waals surface area (Å²) in [7, 11) is 0. The fraction of sp³-hybridized carbons (Fsp3) is 0.154. The number of fused-ring (bicyclic) bond motifs is 2. The van der Waals surface area contributed by atoms with Crippen LogP contribution in [0, 0.1) is 6.92 Å². The molecular weight excluding hydrogens is 388 g/mol. The first-order valence-corrected chi connectivity index (χ1v) is 10.9. The zero-order chi connectivity index (χ0) is 20.7. The Kier molecular flexibility index (Phi) is 4.72. The normalized spacial score (nSPS) is 15.8. The number of rotatable bonds is 3. The highest BCUT2D eigenvalue weighted by Gasteiger charge is 2.31. The maximum absolute atomic E-state index is 12.5. The van der Waals surface area contributed by atoms with E-state index >= 15 is 0 Å². The summed E-state index contributed by atoms with van der Waals surface area (Å²) in [5.41, 5.74) is 5.84. The van der Waals surface area contributed by atoms with Gasteiger partial charge in [-0.05, 0) is 47.9 Å². The van der Waals surface area contributed by atoms with Crippen molar-refractivity contribution in [3.8, 4) is 11.1 Å². The van der Waals surface area contributed by atoms with E-state index in [1.54, 1.807) is 11.3 Å². The second kappa shape index (κ2) is 7.54. The second-order valence-electron chi connectivity index (χ2n) is 7.71. The van der Waals surface area contributed by atoms with Crippen molar-refractivity contribution < 1.29 is 4.79 Å². The van der Waals surface area contributed by atoms with Crippen molar-refractivity contribution in [2.24, 2.45) is 0 Å². The zero-order valence-electron chi connectivity index (χ0n) is 16.8. The minimum Gasteiger partial charge on any atom is -0.333 e. The monoisotopic (exact) mass is 410 g/mol. The van der Waals surface area contributed by atoms with E-state index in [1.807, 2.05) is 29.3 Å². The summed E-state index contributed by atoms with van der Waals surface area (Å²) in [6.07, 6.45) is 3.37. The van der Waals surface area contributed by atoms with Crippen LogP contribution in [0.2, 0.25) is 0 Å². The predicted octanol–water partition coefficient (Wildman–Crippen LogP) is 5.93. The number of aryl methyl sites for hydroxylation is 1. The number of nitrogens with zero attached hydrogens (tertiary/aromatic N) is 2. The first-order chi connectivity index (χ1) is 14.6. The van der Waals surface area contributed by atoms with Crippen LogP contribution in [0.5, 0.6) is 0 Å². The average molecular weight is 411 g/mol. The Morgan fingerprint density at radius 3 is 2.80 bits per heavy atom. The smallest absolute Gasteiger partial charge is 0.246 e. The highest BCUT2D eigenvalue weighted by Crippen LogP contribution is 2.41. The molecule has 0 saturated heterocycles. The molecule has 0 spiro atoms. The Labute approximate surface area is 180 Å². The van der Waals surface area contributed by atoms with Crippen molar-refractivity contribution in [2.75, 3.05) is 6.54 Å². The van der Waals surface area contributed by atoms with Crippen molar-refractivity contribution in [1.82, 2.24) is 9.88 Å². The predicted molar refractivity (Wildman–Crippen MR) is 124 cm³/mol. The van der Waals surface area contributed by atoms with E-state index in [2.05, 4.69) is 61.0 Å². The molecule has 3 heterocycles. The Morgan fingerprint density at radius 2 is 1.93 bits per heavy atom. The summed E-state index contributed by atoms with van der Waals surface area (Å²) >= 11 is 1.78. The Bertz CT molecular complexity index is 1270. The van der Waals surface area contributed by atoms with E-state index in [0.29, 0.717) is 13.1 Å². The van der Waals surface area contributed by atoms with Crippen molar-refractivity contribution in [1.29, 1.82) is 0 Å². The van der Waals surface area contributed by atoms with Crippen LogP contribution in [0.3, 0.4) is 0 Å². The second-order valence-corrected chi connectivity index (χ2v) is 9.06. The molecule has 1 amide bonds. The molecule has 2 aromatic carbocycles. The molecule has 0 N–H and O–H groups in total. The molecule has 0 unspecified atom stereocenters. The number of carbonyl (C=O) groups is 1. The van der Waals surface area contributed by atoms with Crippen LogP contribution in [0.4, 0.5) is 0 Å². The Morgan fingerprint density at radius 1 is 1.13 bits per heavy atom. The van der Waals surface area contributed by atoms with Crippen LogP contribution in [0.15, 0.2) is 79.5 Å². The van der Waals surface area contributed by atoms with Crippen LogP contribution >= 0.6 is 11.3 Å². The molecule has 4 aromatic rings. The van der Waals surface area contributed by atoms with Gasteiger partial charge in [0.2, 0.25) is 5.91 Å². The number of benzene rings is 2. The highest BCUT2D eigenvalue weighted by molar-refractivity contribution is 7.12. The van der Waals surface area contributed by atoms with Gasteiger partial charge in [0.1, 0.15) is 0 Å². The van der Waals surface area contributed by atoms with E-state index in [9.17, 15) is 4.79 Å². The molecule has 1 aliphatic heterocycles. The van der Waals surface area contributed by atoms with Crippen LogP contribution in [-0.2, 0) is 11.3 Å². The molecule has 0 saturated carbocycles. The van der Waals surface area contributed by atoms with E-state index in [4.69, 9.17) is 0 Å². The largest absolute Gasteiger partial charge is 0.333 e. The maximum Gasteiger partial charge on any atom is 0.246 e. The third kappa shape index (κ3) is 3.23. The number of pyridine rings is 1. The number of aromatic nitrogens is 1. The standard InChI is InChI=1S/C26H22N2OS/c1-3-26(29)28-15-23(22-12-17(2)30-25(22)16-28)21-10-6-5-9-20(21)19-13-18-8-4-7-11-24(18)27-14-19/h3-14,23H,1,15-16H2,2H3/t23-/m0/s1. The number of para-hydroxylation sites is 1. The molecule has 0 bridgehead atoms. The van der Waals surface area contributed by atoms with Gasteiger partial charge in [0.15, 0.2) is 0 Å². The first-order valence-electron chi connectivity index (χ1n) is 10.1. The maximum atomic E-state index is 12.5. The molecule has 4 heteroatoms. The summed E-state index contributed by atoms with van der Waals surface area (Å²) in [5.74, 6) is 0.117. The first kappa shape index (κ1) is 18.8.